The fourth-order valence-corrected chi connectivity index (χ4v) is 4.15. The predicted molar refractivity (Wildman–Crippen MR) is 128 cm³/mol. The molecule has 2 aliphatic rings. The smallest absolute Gasteiger partial charge is 0.322 e. The van der Waals surface area contributed by atoms with Gasteiger partial charge in [-0.15, -0.1) is 0 Å². The van der Waals surface area contributed by atoms with E-state index >= 15 is 0 Å². The molecular formula is C25H31N5O3. The summed E-state index contributed by atoms with van der Waals surface area (Å²) in [5.74, 6) is 1.67. The molecule has 1 atom stereocenters. The molecule has 0 spiro atoms. The third-order valence-corrected chi connectivity index (χ3v) is 6.08. The van der Waals surface area contributed by atoms with Crippen LogP contribution in [0.3, 0.4) is 0 Å². The number of piperazine rings is 1. The summed E-state index contributed by atoms with van der Waals surface area (Å²) in [7, 11) is 0. The van der Waals surface area contributed by atoms with Gasteiger partial charge in [-0.2, -0.15) is 0 Å². The van der Waals surface area contributed by atoms with E-state index < -0.39 is 0 Å². The number of ether oxygens (including phenoxy) is 1. The molecule has 3 amide bonds. The molecule has 1 aromatic carbocycles. The van der Waals surface area contributed by atoms with Gasteiger partial charge in [0.1, 0.15) is 11.6 Å². The zero-order chi connectivity index (χ0) is 23.0. The van der Waals surface area contributed by atoms with Crippen molar-refractivity contribution in [1.82, 2.24) is 14.8 Å². The van der Waals surface area contributed by atoms with Crippen molar-refractivity contribution in [2.75, 3.05) is 43.8 Å². The van der Waals surface area contributed by atoms with E-state index in [1.54, 1.807) is 21.9 Å². The Morgan fingerprint density at radius 3 is 2.67 bits per heavy atom. The minimum absolute atomic E-state index is 0.0431. The highest BCUT2D eigenvalue weighted by Crippen LogP contribution is 2.22. The first-order chi connectivity index (χ1) is 16.1. The van der Waals surface area contributed by atoms with Gasteiger partial charge in [0.25, 0.3) is 5.91 Å². The van der Waals surface area contributed by atoms with Gasteiger partial charge in [-0.1, -0.05) is 18.2 Å². The molecule has 4 rings (SSSR count). The highest BCUT2D eigenvalue weighted by Gasteiger charge is 2.25. The SMILES string of the molecule is Nc1ccc(NC(=O)N2CCN(C(=O)c3cccc(OCCC4C=CCCC4)c3)CC2)cn1. The number of nitrogens with zero attached hydrogens (tertiary/aromatic N) is 3. The molecule has 1 saturated heterocycles. The normalized spacial score (nSPS) is 18.1. The zero-order valence-electron chi connectivity index (χ0n) is 18.8. The molecule has 0 radical (unpaired) electrons. The quantitative estimate of drug-likeness (QED) is 0.654. The van der Waals surface area contributed by atoms with Crippen molar-refractivity contribution >= 4 is 23.4 Å². The minimum atomic E-state index is -0.211. The molecular weight excluding hydrogens is 418 g/mol. The largest absolute Gasteiger partial charge is 0.494 e. The average Bonchev–Trinajstić information content (AvgIpc) is 2.86. The van der Waals surface area contributed by atoms with E-state index in [4.69, 9.17) is 10.5 Å². The third-order valence-electron chi connectivity index (χ3n) is 6.08. The Hall–Kier alpha value is -3.55. The van der Waals surface area contributed by atoms with E-state index in [-0.39, 0.29) is 11.9 Å². The maximum absolute atomic E-state index is 13.0. The summed E-state index contributed by atoms with van der Waals surface area (Å²) in [5.41, 5.74) is 6.77. The molecule has 0 saturated carbocycles. The Morgan fingerprint density at radius 2 is 1.94 bits per heavy atom. The monoisotopic (exact) mass is 449 g/mol. The molecule has 0 bridgehead atoms. The number of rotatable bonds is 6. The minimum Gasteiger partial charge on any atom is -0.494 e. The number of hydrogen-bond donors (Lipinski definition) is 2. The Kier molecular flexibility index (Phi) is 7.44. The first kappa shape index (κ1) is 22.6. The lowest BCUT2D eigenvalue weighted by molar-refractivity contribution is 0.0671. The molecule has 33 heavy (non-hydrogen) atoms. The van der Waals surface area contributed by atoms with Crippen LogP contribution in [0.25, 0.3) is 0 Å². The van der Waals surface area contributed by atoms with Crippen LogP contribution in [0, 0.1) is 5.92 Å². The highest BCUT2D eigenvalue weighted by atomic mass is 16.5. The Morgan fingerprint density at radius 1 is 1.12 bits per heavy atom. The summed E-state index contributed by atoms with van der Waals surface area (Å²) in [6, 6.07) is 10.5. The molecule has 8 nitrogen and oxygen atoms in total. The second-order valence-corrected chi connectivity index (χ2v) is 8.47. The standard InChI is InChI=1S/C25H31N5O3/c26-23-10-9-21(18-27-23)28-25(32)30-14-12-29(13-15-30)24(31)20-7-4-8-22(17-20)33-16-11-19-5-2-1-3-6-19/h2,4-5,7-10,17-19H,1,3,6,11-16H2,(H2,26,27)(H,28,32). The number of carbonyl (C=O) groups excluding carboxylic acids is 2. The average molecular weight is 450 g/mol. The van der Waals surface area contributed by atoms with E-state index in [2.05, 4.69) is 22.5 Å². The van der Waals surface area contributed by atoms with Crippen LogP contribution in [0.15, 0.2) is 54.7 Å². The molecule has 1 aromatic heterocycles. The van der Waals surface area contributed by atoms with Crippen molar-refractivity contribution < 1.29 is 14.3 Å². The summed E-state index contributed by atoms with van der Waals surface area (Å²) in [4.78, 5) is 32.9. The van der Waals surface area contributed by atoms with Crippen LogP contribution in [-0.4, -0.2) is 59.5 Å². The molecule has 1 fully saturated rings. The van der Waals surface area contributed by atoms with Gasteiger partial charge in [0.2, 0.25) is 0 Å². The number of carbonyl (C=O) groups is 2. The van der Waals surface area contributed by atoms with E-state index in [0.717, 1.165) is 12.2 Å². The summed E-state index contributed by atoms with van der Waals surface area (Å²) >= 11 is 0. The van der Waals surface area contributed by atoms with Gasteiger partial charge in [-0.25, -0.2) is 9.78 Å². The zero-order valence-corrected chi connectivity index (χ0v) is 18.8. The van der Waals surface area contributed by atoms with Crippen LogP contribution < -0.4 is 15.8 Å². The van der Waals surface area contributed by atoms with Crippen molar-refractivity contribution in [2.45, 2.75) is 25.7 Å². The van der Waals surface area contributed by atoms with Gasteiger partial charge in [-0.05, 0) is 61.9 Å². The summed E-state index contributed by atoms with van der Waals surface area (Å²) in [6.07, 6.45) is 10.7. The van der Waals surface area contributed by atoms with Crippen LogP contribution in [0.1, 0.15) is 36.0 Å². The molecule has 2 heterocycles. The van der Waals surface area contributed by atoms with Gasteiger partial charge >= 0.3 is 6.03 Å². The molecule has 1 aliphatic carbocycles. The van der Waals surface area contributed by atoms with Crippen LogP contribution in [0.2, 0.25) is 0 Å². The van der Waals surface area contributed by atoms with Crippen LogP contribution in [0.5, 0.6) is 5.75 Å². The number of allylic oxidation sites excluding steroid dienone is 2. The lowest BCUT2D eigenvalue weighted by Crippen LogP contribution is -2.51. The van der Waals surface area contributed by atoms with E-state index in [1.807, 2.05) is 24.3 Å². The highest BCUT2D eigenvalue weighted by molar-refractivity contribution is 5.95. The number of nitrogen functional groups attached to an aromatic ring is 1. The molecule has 174 valence electrons. The number of hydrogen-bond acceptors (Lipinski definition) is 5. The number of aromatic nitrogens is 1. The van der Waals surface area contributed by atoms with Crippen molar-refractivity contribution in [3.8, 4) is 5.75 Å². The second-order valence-electron chi connectivity index (χ2n) is 8.47. The van der Waals surface area contributed by atoms with E-state index in [9.17, 15) is 9.59 Å². The van der Waals surface area contributed by atoms with Crippen molar-refractivity contribution in [3.05, 3.63) is 60.3 Å². The van der Waals surface area contributed by atoms with Gasteiger partial charge in [0, 0.05) is 31.7 Å². The number of anilines is 2. The maximum Gasteiger partial charge on any atom is 0.322 e. The lowest BCUT2D eigenvalue weighted by Gasteiger charge is -2.34. The third kappa shape index (κ3) is 6.25. The van der Waals surface area contributed by atoms with Gasteiger partial charge in [-0.3, -0.25) is 4.79 Å². The van der Waals surface area contributed by atoms with Crippen LogP contribution in [-0.2, 0) is 0 Å². The first-order valence-corrected chi connectivity index (χ1v) is 11.5. The number of amides is 3. The number of benzene rings is 1. The topological polar surface area (TPSA) is 101 Å². The van der Waals surface area contributed by atoms with Gasteiger partial charge in [0.05, 0.1) is 18.5 Å². The maximum atomic E-state index is 13.0. The fraction of sp³-hybridized carbons (Fsp3) is 0.400. The van der Waals surface area contributed by atoms with Gasteiger partial charge in [0.15, 0.2) is 0 Å². The summed E-state index contributed by atoms with van der Waals surface area (Å²) in [5, 5.41) is 2.81. The Bertz CT molecular complexity index is 984. The van der Waals surface area contributed by atoms with Crippen molar-refractivity contribution in [2.24, 2.45) is 5.92 Å². The lowest BCUT2D eigenvalue weighted by atomic mass is 9.93. The molecule has 1 unspecified atom stereocenters. The molecule has 2 aromatic rings. The number of nitrogens with one attached hydrogen (secondary N) is 1. The number of pyridine rings is 1. The number of nitrogens with two attached hydrogens (primary N) is 1. The van der Waals surface area contributed by atoms with Crippen LogP contribution in [0.4, 0.5) is 16.3 Å². The summed E-state index contributed by atoms with van der Waals surface area (Å²) < 4.78 is 5.92. The Labute approximate surface area is 194 Å². The van der Waals surface area contributed by atoms with Crippen molar-refractivity contribution in [3.63, 3.8) is 0 Å². The number of urea groups is 1. The summed E-state index contributed by atoms with van der Waals surface area (Å²) in [6.45, 7) is 2.52. The van der Waals surface area contributed by atoms with Gasteiger partial charge < -0.3 is 25.6 Å². The molecule has 3 N–H and O–H groups in total. The molecule has 8 heteroatoms. The Balaban J connectivity index is 1.25. The first-order valence-electron chi connectivity index (χ1n) is 11.5. The van der Waals surface area contributed by atoms with E-state index in [0.29, 0.717) is 55.8 Å². The van der Waals surface area contributed by atoms with Crippen LogP contribution >= 0.6 is 0 Å². The van der Waals surface area contributed by atoms with E-state index in [1.165, 1.54) is 25.5 Å². The molecule has 1 aliphatic heterocycles. The predicted octanol–water partition coefficient (Wildman–Crippen LogP) is 3.78. The second kappa shape index (κ2) is 10.8. The van der Waals surface area contributed by atoms with Crippen molar-refractivity contribution in [1.29, 1.82) is 0 Å². The fourth-order valence-electron chi connectivity index (χ4n) is 4.15.